The molecule has 0 saturated carbocycles. The van der Waals surface area contributed by atoms with E-state index in [-0.39, 0.29) is 0 Å². The summed E-state index contributed by atoms with van der Waals surface area (Å²) in [5.74, 6) is 1.24. The molecule has 0 fully saturated rings. The summed E-state index contributed by atoms with van der Waals surface area (Å²) in [6.45, 7) is 5.49. The summed E-state index contributed by atoms with van der Waals surface area (Å²) < 4.78 is 0. The Balaban J connectivity index is 3.19. The van der Waals surface area contributed by atoms with Gasteiger partial charge in [-0.2, -0.15) is 0 Å². The van der Waals surface area contributed by atoms with Gasteiger partial charge in [-0.25, -0.2) is 0 Å². The van der Waals surface area contributed by atoms with Crippen molar-refractivity contribution in [2.45, 2.75) is 110 Å². The van der Waals surface area contributed by atoms with Gasteiger partial charge in [0.1, 0.15) is 0 Å². The average Bonchev–Trinajstić information content (AvgIpc) is 2.54. The van der Waals surface area contributed by atoms with Crippen LogP contribution in [0.5, 0.6) is 0 Å². The fraction of sp³-hybridized carbons (Fsp3) is 0.952. The van der Waals surface area contributed by atoms with Gasteiger partial charge in [-0.05, 0) is 6.42 Å². The van der Waals surface area contributed by atoms with E-state index in [2.05, 4.69) is 37.8 Å². The molecule has 0 aromatic carbocycles. The molecule has 0 aliphatic rings. The molecule has 0 aliphatic carbocycles. The Kier molecular flexibility index (Phi) is 17.4. The van der Waals surface area contributed by atoms with E-state index >= 15 is 0 Å². The lowest BCUT2D eigenvalue weighted by Crippen LogP contribution is -2.21. The van der Waals surface area contributed by atoms with E-state index < -0.39 is 0 Å². The summed E-state index contributed by atoms with van der Waals surface area (Å²) in [4.78, 5) is 6.82. The van der Waals surface area contributed by atoms with Crippen molar-refractivity contribution in [1.82, 2.24) is 4.90 Å². The summed E-state index contributed by atoms with van der Waals surface area (Å²) >= 11 is 0. The van der Waals surface area contributed by atoms with Crippen LogP contribution < -0.4 is 0 Å². The summed E-state index contributed by atoms with van der Waals surface area (Å²) in [6, 6.07) is 0. The average molecular weight is 325 g/mol. The molecule has 0 saturated heterocycles. The lowest BCUT2D eigenvalue weighted by molar-refractivity contribution is 0.535. The van der Waals surface area contributed by atoms with E-state index in [1.807, 2.05) is 0 Å². The predicted octanol–water partition coefficient (Wildman–Crippen LogP) is 6.84. The first-order valence-electron chi connectivity index (χ1n) is 10.4. The highest BCUT2D eigenvalue weighted by Crippen LogP contribution is 2.12. The molecule has 0 heterocycles. The van der Waals surface area contributed by atoms with Crippen molar-refractivity contribution in [1.29, 1.82) is 0 Å². The molecule has 0 amide bonds. The van der Waals surface area contributed by atoms with Crippen LogP contribution in [0.1, 0.15) is 110 Å². The zero-order chi connectivity index (χ0) is 17.2. The number of hydrogen-bond donors (Lipinski definition) is 0. The largest absolute Gasteiger partial charge is 0.367 e. The SMILES string of the molecule is CCCCCCCCCCCCCCCCN=C(CC)N(C)C. The monoisotopic (exact) mass is 324 g/mol. The van der Waals surface area contributed by atoms with Crippen LogP contribution in [0, 0.1) is 0 Å². The highest BCUT2D eigenvalue weighted by molar-refractivity contribution is 5.81. The fourth-order valence-electron chi connectivity index (χ4n) is 3.08. The second-order valence-electron chi connectivity index (χ2n) is 7.14. The third-order valence-electron chi connectivity index (χ3n) is 4.64. The van der Waals surface area contributed by atoms with Crippen LogP contribution in [0.2, 0.25) is 0 Å². The number of amidine groups is 1. The fourth-order valence-corrected chi connectivity index (χ4v) is 3.08. The van der Waals surface area contributed by atoms with E-state index in [0.717, 1.165) is 13.0 Å². The highest BCUT2D eigenvalue weighted by Gasteiger charge is 1.97. The Bertz CT molecular complexity index is 259. The van der Waals surface area contributed by atoms with Gasteiger partial charge in [0.05, 0.1) is 5.84 Å². The zero-order valence-corrected chi connectivity index (χ0v) is 16.7. The highest BCUT2D eigenvalue weighted by atomic mass is 15.1. The van der Waals surface area contributed by atoms with Crippen molar-refractivity contribution in [3.8, 4) is 0 Å². The minimum atomic E-state index is 1.01. The van der Waals surface area contributed by atoms with Crippen LogP contribution in [0.4, 0.5) is 0 Å². The van der Waals surface area contributed by atoms with Crippen molar-refractivity contribution >= 4 is 5.84 Å². The van der Waals surface area contributed by atoms with Crippen molar-refractivity contribution in [3.63, 3.8) is 0 Å². The van der Waals surface area contributed by atoms with Crippen LogP contribution in [0.25, 0.3) is 0 Å². The molecule has 0 aromatic rings. The zero-order valence-electron chi connectivity index (χ0n) is 16.7. The lowest BCUT2D eigenvalue weighted by atomic mass is 10.0. The van der Waals surface area contributed by atoms with Gasteiger partial charge >= 0.3 is 0 Å². The van der Waals surface area contributed by atoms with Crippen molar-refractivity contribution in [2.24, 2.45) is 4.99 Å². The molecule has 0 atom stereocenters. The van der Waals surface area contributed by atoms with E-state index in [1.54, 1.807) is 0 Å². The first-order valence-corrected chi connectivity index (χ1v) is 10.4. The Morgan fingerprint density at radius 1 is 0.609 bits per heavy atom. The van der Waals surface area contributed by atoms with Crippen LogP contribution >= 0.6 is 0 Å². The summed E-state index contributed by atoms with van der Waals surface area (Å²) in [5, 5.41) is 0. The molecule has 0 bridgehead atoms. The van der Waals surface area contributed by atoms with Gasteiger partial charge in [-0.3, -0.25) is 4.99 Å². The summed E-state index contributed by atoms with van der Waals surface area (Å²) in [6.07, 6.45) is 20.9. The molecule has 0 N–H and O–H groups in total. The molecule has 0 radical (unpaired) electrons. The van der Waals surface area contributed by atoms with Gasteiger partial charge in [0.25, 0.3) is 0 Å². The standard InChI is InChI=1S/C21H44N2/c1-5-7-8-9-10-11-12-13-14-15-16-17-18-19-20-22-21(6-2)23(3)4/h5-20H2,1-4H3. The molecular weight excluding hydrogens is 280 g/mol. The molecule has 0 unspecified atom stereocenters. The number of rotatable bonds is 16. The smallest absolute Gasteiger partial charge is 0.0980 e. The van der Waals surface area contributed by atoms with Gasteiger partial charge in [0.2, 0.25) is 0 Å². The minimum Gasteiger partial charge on any atom is -0.367 e. The maximum atomic E-state index is 4.68. The van der Waals surface area contributed by atoms with E-state index in [9.17, 15) is 0 Å². The number of hydrogen-bond acceptors (Lipinski definition) is 1. The van der Waals surface area contributed by atoms with Crippen LogP contribution in [-0.2, 0) is 0 Å². The summed E-state index contributed by atoms with van der Waals surface area (Å²) in [7, 11) is 4.18. The molecule has 2 heteroatoms. The van der Waals surface area contributed by atoms with Gasteiger partial charge in [0.15, 0.2) is 0 Å². The Labute approximate surface area is 147 Å². The topological polar surface area (TPSA) is 15.6 Å². The molecule has 23 heavy (non-hydrogen) atoms. The molecule has 0 spiro atoms. The Morgan fingerprint density at radius 3 is 1.35 bits per heavy atom. The maximum absolute atomic E-state index is 4.68. The first kappa shape index (κ1) is 22.5. The molecule has 0 aromatic heterocycles. The van der Waals surface area contributed by atoms with E-state index in [1.165, 1.54) is 95.7 Å². The number of nitrogens with zero attached hydrogens (tertiary/aromatic N) is 2. The van der Waals surface area contributed by atoms with Crippen molar-refractivity contribution in [2.75, 3.05) is 20.6 Å². The maximum Gasteiger partial charge on any atom is 0.0980 e. The molecular formula is C21H44N2. The Hall–Kier alpha value is -0.530. The first-order chi connectivity index (χ1) is 11.2. The van der Waals surface area contributed by atoms with E-state index in [0.29, 0.717) is 0 Å². The summed E-state index contributed by atoms with van der Waals surface area (Å²) in [5.41, 5.74) is 0. The molecule has 0 rings (SSSR count). The van der Waals surface area contributed by atoms with Crippen LogP contribution in [-0.4, -0.2) is 31.4 Å². The number of aliphatic imine (C=N–C) groups is 1. The molecule has 0 aliphatic heterocycles. The van der Waals surface area contributed by atoms with Crippen LogP contribution in [0.3, 0.4) is 0 Å². The molecule has 138 valence electrons. The Morgan fingerprint density at radius 2 is 1.00 bits per heavy atom. The van der Waals surface area contributed by atoms with Gasteiger partial charge in [-0.1, -0.05) is 97.3 Å². The third-order valence-corrected chi connectivity index (χ3v) is 4.64. The quantitative estimate of drug-likeness (QED) is 0.172. The second-order valence-corrected chi connectivity index (χ2v) is 7.14. The predicted molar refractivity (Wildman–Crippen MR) is 107 cm³/mol. The van der Waals surface area contributed by atoms with Crippen LogP contribution in [0.15, 0.2) is 4.99 Å². The minimum absolute atomic E-state index is 1.01. The lowest BCUT2D eigenvalue weighted by Gasteiger charge is -2.13. The third kappa shape index (κ3) is 16.1. The molecule has 2 nitrogen and oxygen atoms in total. The number of unbranched alkanes of at least 4 members (excludes halogenated alkanes) is 13. The van der Waals surface area contributed by atoms with Gasteiger partial charge < -0.3 is 4.90 Å². The van der Waals surface area contributed by atoms with Crippen molar-refractivity contribution < 1.29 is 0 Å². The van der Waals surface area contributed by atoms with Crippen molar-refractivity contribution in [3.05, 3.63) is 0 Å². The van der Waals surface area contributed by atoms with E-state index in [4.69, 9.17) is 0 Å². The van der Waals surface area contributed by atoms with Gasteiger partial charge in [-0.15, -0.1) is 0 Å². The van der Waals surface area contributed by atoms with Gasteiger partial charge in [0, 0.05) is 27.1 Å². The second kappa shape index (κ2) is 17.8. The normalized spacial score (nSPS) is 11.9.